The number of H-pyrrole nitrogens is 1. The molecule has 0 aliphatic rings. The highest BCUT2D eigenvalue weighted by atomic mass is 35.5. The molecule has 2 aromatic carbocycles. The topological polar surface area (TPSA) is 65.2 Å². The van der Waals surface area contributed by atoms with Crippen molar-refractivity contribution in [3.63, 3.8) is 0 Å². The lowest BCUT2D eigenvalue weighted by molar-refractivity contribution is 0.404. The SMILES string of the molecule is Cc1c(S(=O)(=O)Nc2ccc3[nH]cc(CN(C)C)c3c2)sc2ccc(Cl)cc12. The maximum atomic E-state index is 13.1. The minimum atomic E-state index is -3.70. The van der Waals surface area contributed by atoms with Crippen molar-refractivity contribution in [1.29, 1.82) is 0 Å². The van der Waals surface area contributed by atoms with Gasteiger partial charge in [-0.05, 0) is 73.9 Å². The maximum Gasteiger partial charge on any atom is 0.271 e. The van der Waals surface area contributed by atoms with Crippen LogP contribution in [0.15, 0.2) is 46.8 Å². The number of hydrogen-bond donors (Lipinski definition) is 2. The second kappa shape index (κ2) is 7.08. The molecule has 0 fully saturated rings. The lowest BCUT2D eigenvalue weighted by Crippen LogP contribution is -2.12. The summed E-state index contributed by atoms with van der Waals surface area (Å²) in [5.74, 6) is 0. The fraction of sp³-hybridized carbons (Fsp3) is 0.200. The second-order valence-corrected chi connectivity index (χ2v) is 10.4. The fourth-order valence-electron chi connectivity index (χ4n) is 3.34. The first kappa shape index (κ1) is 19.3. The lowest BCUT2D eigenvalue weighted by atomic mass is 10.1. The summed E-state index contributed by atoms with van der Waals surface area (Å²) in [6, 6.07) is 11.0. The van der Waals surface area contributed by atoms with E-state index in [1.807, 2.05) is 45.4 Å². The average Bonchev–Trinajstić information content (AvgIpc) is 3.16. The van der Waals surface area contributed by atoms with Crippen molar-refractivity contribution in [3.05, 3.63) is 58.7 Å². The molecule has 0 amide bonds. The van der Waals surface area contributed by atoms with Crippen molar-refractivity contribution in [3.8, 4) is 0 Å². The van der Waals surface area contributed by atoms with Crippen LogP contribution < -0.4 is 4.72 Å². The van der Waals surface area contributed by atoms with Gasteiger partial charge >= 0.3 is 0 Å². The zero-order valence-corrected chi connectivity index (χ0v) is 18.1. The Labute approximate surface area is 173 Å². The number of halogens is 1. The predicted molar refractivity (Wildman–Crippen MR) is 118 cm³/mol. The van der Waals surface area contributed by atoms with Crippen molar-refractivity contribution in [2.75, 3.05) is 18.8 Å². The molecule has 4 rings (SSSR count). The van der Waals surface area contributed by atoms with Crippen LogP contribution >= 0.6 is 22.9 Å². The molecule has 28 heavy (non-hydrogen) atoms. The van der Waals surface area contributed by atoms with Gasteiger partial charge in [0.25, 0.3) is 10.0 Å². The lowest BCUT2D eigenvalue weighted by Gasteiger charge is -2.10. The van der Waals surface area contributed by atoms with E-state index in [0.717, 1.165) is 33.1 Å². The van der Waals surface area contributed by atoms with Gasteiger partial charge in [-0.3, -0.25) is 4.72 Å². The number of nitrogens with one attached hydrogen (secondary N) is 2. The van der Waals surface area contributed by atoms with Gasteiger partial charge in [-0.2, -0.15) is 0 Å². The molecule has 4 aromatic rings. The molecule has 0 bridgehead atoms. The number of aryl methyl sites for hydroxylation is 1. The highest BCUT2D eigenvalue weighted by Gasteiger charge is 2.22. The highest BCUT2D eigenvalue weighted by Crippen LogP contribution is 2.36. The summed E-state index contributed by atoms with van der Waals surface area (Å²) < 4.78 is 30.1. The summed E-state index contributed by atoms with van der Waals surface area (Å²) in [7, 11) is 0.302. The minimum Gasteiger partial charge on any atom is -0.361 e. The number of sulfonamides is 1. The summed E-state index contributed by atoms with van der Waals surface area (Å²) in [6.07, 6.45) is 1.96. The molecule has 0 unspecified atom stereocenters. The number of aromatic amines is 1. The Kier molecular flexibility index (Phi) is 4.87. The number of anilines is 1. The van der Waals surface area contributed by atoms with Gasteiger partial charge in [-0.1, -0.05) is 11.6 Å². The zero-order valence-electron chi connectivity index (χ0n) is 15.7. The van der Waals surface area contributed by atoms with Crippen LogP contribution in [-0.2, 0) is 16.6 Å². The quantitative estimate of drug-likeness (QED) is 0.454. The van der Waals surface area contributed by atoms with E-state index in [4.69, 9.17) is 11.6 Å². The Morgan fingerprint density at radius 2 is 1.93 bits per heavy atom. The number of aromatic nitrogens is 1. The summed E-state index contributed by atoms with van der Waals surface area (Å²) in [5.41, 5.74) is 3.36. The van der Waals surface area contributed by atoms with Crippen LogP contribution in [0, 0.1) is 6.92 Å². The third-order valence-corrected chi connectivity index (χ3v) is 8.11. The third-order valence-electron chi connectivity index (χ3n) is 4.60. The molecule has 2 N–H and O–H groups in total. The molecule has 2 heterocycles. The van der Waals surface area contributed by atoms with Crippen LogP contribution in [0.25, 0.3) is 21.0 Å². The predicted octanol–water partition coefficient (Wildman–Crippen LogP) is 5.21. The molecular weight excluding hydrogens is 414 g/mol. The van der Waals surface area contributed by atoms with E-state index in [9.17, 15) is 8.42 Å². The molecular formula is C20H20ClN3O2S2. The molecule has 0 saturated carbocycles. The van der Waals surface area contributed by atoms with Gasteiger partial charge in [-0.25, -0.2) is 8.42 Å². The number of fused-ring (bicyclic) bond motifs is 2. The fourth-order valence-corrected chi connectivity index (χ4v) is 6.31. The minimum absolute atomic E-state index is 0.312. The van der Waals surface area contributed by atoms with Crippen LogP contribution in [0.2, 0.25) is 5.02 Å². The molecule has 0 atom stereocenters. The summed E-state index contributed by atoms with van der Waals surface area (Å²) in [5, 5.41) is 2.47. The Bertz CT molecular complexity index is 1290. The van der Waals surface area contributed by atoms with Gasteiger partial charge in [0.05, 0.1) is 0 Å². The monoisotopic (exact) mass is 433 g/mol. The third kappa shape index (κ3) is 3.51. The number of nitrogens with zero attached hydrogens (tertiary/aromatic N) is 1. The first-order valence-corrected chi connectivity index (χ1v) is 11.4. The normalized spacial score (nSPS) is 12.3. The zero-order chi connectivity index (χ0) is 20.1. The smallest absolute Gasteiger partial charge is 0.271 e. The van der Waals surface area contributed by atoms with E-state index in [1.54, 1.807) is 18.2 Å². The molecule has 2 aromatic heterocycles. The van der Waals surface area contributed by atoms with Crippen LogP contribution in [0.5, 0.6) is 0 Å². The van der Waals surface area contributed by atoms with Crippen molar-refractivity contribution >= 4 is 59.6 Å². The van der Waals surface area contributed by atoms with Gasteiger partial charge < -0.3 is 9.88 Å². The second-order valence-electron chi connectivity index (χ2n) is 7.07. The van der Waals surface area contributed by atoms with Crippen LogP contribution in [0.1, 0.15) is 11.1 Å². The van der Waals surface area contributed by atoms with E-state index < -0.39 is 10.0 Å². The van der Waals surface area contributed by atoms with E-state index >= 15 is 0 Å². The summed E-state index contributed by atoms with van der Waals surface area (Å²) in [4.78, 5) is 5.31. The van der Waals surface area contributed by atoms with Crippen LogP contribution in [0.3, 0.4) is 0 Å². The van der Waals surface area contributed by atoms with E-state index in [0.29, 0.717) is 20.5 Å². The standard InChI is InChI=1S/C20H20ClN3O2S2/c1-12-16-8-14(21)4-7-19(16)27-20(12)28(25,26)23-15-5-6-18-17(9-15)13(10-22-18)11-24(2)3/h4-10,22-23H,11H2,1-3H3. The molecule has 0 aliphatic carbocycles. The van der Waals surface area contributed by atoms with Gasteiger partial charge in [0.1, 0.15) is 4.21 Å². The Morgan fingerprint density at radius 1 is 1.14 bits per heavy atom. The van der Waals surface area contributed by atoms with Gasteiger partial charge in [0.2, 0.25) is 0 Å². The Balaban J connectivity index is 1.73. The molecule has 0 radical (unpaired) electrons. The van der Waals surface area contributed by atoms with E-state index in [-0.39, 0.29) is 0 Å². The van der Waals surface area contributed by atoms with Gasteiger partial charge in [-0.15, -0.1) is 11.3 Å². The van der Waals surface area contributed by atoms with Crippen molar-refractivity contribution in [2.45, 2.75) is 17.7 Å². The van der Waals surface area contributed by atoms with Gasteiger partial charge in [0, 0.05) is 39.1 Å². The number of rotatable bonds is 5. The highest BCUT2D eigenvalue weighted by molar-refractivity contribution is 7.94. The average molecular weight is 434 g/mol. The van der Waals surface area contributed by atoms with E-state index in [2.05, 4.69) is 14.6 Å². The first-order valence-electron chi connectivity index (χ1n) is 8.71. The van der Waals surface area contributed by atoms with Crippen molar-refractivity contribution in [1.82, 2.24) is 9.88 Å². The van der Waals surface area contributed by atoms with Gasteiger partial charge in [0.15, 0.2) is 0 Å². The maximum absolute atomic E-state index is 13.1. The van der Waals surface area contributed by atoms with Crippen LogP contribution in [-0.4, -0.2) is 32.4 Å². The molecule has 146 valence electrons. The Hall–Kier alpha value is -2.06. The summed E-state index contributed by atoms with van der Waals surface area (Å²) in [6.45, 7) is 2.58. The molecule has 8 heteroatoms. The molecule has 0 aliphatic heterocycles. The number of thiophene rings is 1. The molecule has 5 nitrogen and oxygen atoms in total. The van der Waals surface area contributed by atoms with Crippen LogP contribution in [0.4, 0.5) is 5.69 Å². The summed E-state index contributed by atoms with van der Waals surface area (Å²) >= 11 is 7.33. The largest absolute Gasteiger partial charge is 0.361 e. The molecule has 0 saturated heterocycles. The van der Waals surface area contributed by atoms with E-state index in [1.165, 1.54) is 11.3 Å². The Morgan fingerprint density at radius 3 is 2.68 bits per heavy atom. The van der Waals surface area contributed by atoms with Crippen molar-refractivity contribution in [2.24, 2.45) is 0 Å². The first-order chi connectivity index (χ1) is 13.2. The number of hydrogen-bond acceptors (Lipinski definition) is 4. The molecule has 0 spiro atoms. The number of benzene rings is 2. The van der Waals surface area contributed by atoms with Crippen molar-refractivity contribution < 1.29 is 8.42 Å².